The summed E-state index contributed by atoms with van der Waals surface area (Å²) in [5.74, 6) is 2.67. The van der Waals surface area contributed by atoms with Gasteiger partial charge in [-0.1, -0.05) is 80.8 Å². The van der Waals surface area contributed by atoms with Crippen molar-refractivity contribution in [3.63, 3.8) is 0 Å². The Morgan fingerprint density at radius 1 is 0.488 bits per heavy atom. The van der Waals surface area contributed by atoms with Gasteiger partial charge in [-0.25, -0.2) is 0 Å². The summed E-state index contributed by atoms with van der Waals surface area (Å²) >= 11 is 0. The summed E-state index contributed by atoms with van der Waals surface area (Å²) in [4.78, 5) is 0. The molecule has 0 atom stereocenters. The quantitative estimate of drug-likeness (QED) is 0.115. The Kier molecular flexibility index (Phi) is 14.9. The Labute approximate surface area is 280 Å². The summed E-state index contributed by atoms with van der Waals surface area (Å²) in [7, 11) is 2.25. The third-order valence-electron chi connectivity index (χ3n) is 8.09. The molecule has 0 amide bonds. The molecule has 0 heterocycles. The molecule has 0 aliphatic rings. The van der Waals surface area contributed by atoms with Crippen molar-refractivity contribution in [3.8, 4) is 17.2 Å². The summed E-state index contributed by atoms with van der Waals surface area (Å²) in [6.07, 6.45) is 0. The number of ether oxygens (including phenoxy) is 3. The van der Waals surface area contributed by atoms with Crippen LogP contribution in [0, 0.1) is 48.5 Å². The fourth-order valence-corrected chi connectivity index (χ4v) is 12.1. The van der Waals surface area contributed by atoms with Gasteiger partial charge in [0.25, 0.3) is 0 Å². The maximum absolute atomic E-state index is 6.15. The van der Waals surface area contributed by atoms with Crippen LogP contribution in [0.5, 0.6) is 17.2 Å². The zero-order valence-corrected chi connectivity index (χ0v) is 30.4. The smallest absolute Gasteiger partial charge is 1.00 e. The Balaban J connectivity index is 0.00000400. The molecule has 0 aliphatic heterocycles. The molecule has 8 heteroatoms. The molecule has 218 valence electrons. The molecule has 0 aliphatic carbocycles. The first-order valence-electron chi connectivity index (χ1n) is 12.8. The molecule has 0 aromatic heterocycles. The maximum Gasteiger partial charge on any atom is 4.00 e. The summed E-state index contributed by atoms with van der Waals surface area (Å²) < 4.78 is 18.4. The van der Waals surface area contributed by atoms with Crippen molar-refractivity contribution >= 4 is 28.8 Å². The summed E-state index contributed by atoms with van der Waals surface area (Å²) in [5.41, 5.74) is 8.93. The molecule has 4 aromatic carbocycles. The first-order chi connectivity index (χ1) is 17.6. The molecule has 3 nitrogen and oxygen atoms in total. The average Bonchev–Trinajstić information content (AvgIpc) is 3.08. The number of halogens is 3. The van der Waals surface area contributed by atoms with Crippen LogP contribution in [0.2, 0.25) is 0 Å². The molecule has 0 bridgehead atoms. The van der Waals surface area contributed by atoms with E-state index < -0.39 is 8.07 Å². The molecular weight excluding hydrogens is 627 g/mol. The van der Waals surface area contributed by atoms with Crippen molar-refractivity contribution in [2.24, 2.45) is 0 Å². The van der Waals surface area contributed by atoms with E-state index in [-0.39, 0.29) is 58.9 Å². The summed E-state index contributed by atoms with van der Waals surface area (Å²) in [6, 6.07) is 19.7. The van der Waals surface area contributed by atoms with Crippen molar-refractivity contribution < 1.29 is 73.1 Å². The summed E-state index contributed by atoms with van der Waals surface area (Å²) in [6.45, 7) is 15.5. The largest absolute Gasteiger partial charge is 4.00 e. The van der Waals surface area contributed by atoms with Crippen LogP contribution >= 0.6 is 0 Å². The minimum atomic E-state index is -3.07. The first-order valence-corrected chi connectivity index (χ1v) is 14.8. The van der Waals surface area contributed by atoms with E-state index >= 15 is 0 Å². The van der Waals surface area contributed by atoms with Crippen molar-refractivity contribution in [1.82, 2.24) is 0 Å². The van der Waals surface area contributed by atoms with Crippen LogP contribution in [0.15, 0.2) is 54.6 Å². The molecule has 4 aromatic rings. The third-order valence-corrected chi connectivity index (χ3v) is 13.2. The Morgan fingerprint density at radius 3 is 1.00 bits per heavy atom. The molecular formula is C33H39Cl3O3SiTi. The van der Waals surface area contributed by atoms with Crippen LogP contribution < -0.4 is 72.2 Å². The number of rotatable bonds is 7. The van der Waals surface area contributed by atoms with Crippen molar-refractivity contribution in [2.45, 2.75) is 48.5 Å². The van der Waals surface area contributed by atoms with Gasteiger partial charge in [0.2, 0.25) is 0 Å². The number of hydrogen-bond donors (Lipinski definition) is 0. The molecule has 41 heavy (non-hydrogen) atoms. The van der Waals surface area contributed by atoms with Gasteiger partial charge in [-0.05, 0) is 54.5 Å². The summed E-state index contributed by atoms with van der Waals surface area (Å²) in [5, 5.41) is 5.01. The van der Waals surface area contributed by atoms with Crippen molar-refractivity contribution in [2.75, 3.05) is 21.3 Å². The van der Waals surface area contributed by atoms with E-state index in [2.05, 4.69) is 103 Å². The van der Waals surface area contributed by atoms with Gasteiger partial charge in [0.05, 0.1) is 21.3 Å². The predicted molar refractivity (Wildman–Crippen MR) is 158 cm³/mol. The monoisotopic (exact) mass is 664 g/mol. The minimum absolute atomic E-state index is 0. The van der Waals surface area contributed by atoms with E-state index in [0.29, 0.717) is 0 Å². The normalized spacial score (nSPS) is 10.4. The zero-order valence-electron chi connectivity index (χ0n) is 25.6. The maximum atomic E-state index is 6.15. The van der Waals surface area contributed by atoms with E-state index in [1.54, 1.807) is 21.3 Å². The van der Waals surface area contributed by atoms with E-state index in [1.807, 2.05) is 0 Å². The Hall–Kier alpha value is -1.79. The van der Waals surface area contributed by atoms with E-state index in [4.69, 9.17) is 14.2 Å². The minimum Gasteiger partial charge on any atom is -1.00 e. The average molecular weight is 666 g/mol. The SMILES string of the molecule is COc1ccc(C)cc1[Si](c1cc(C)ccc1OC)(c1cc(C)ccc1OC)[c-]1c(C)c(C)c(C)c1C.[Cl-].[Cl-].[Cl-].[Ti+4]. The number of hydrogen-bond acceptors (Lipinski definition) is 3. The van der Waals surface area contributed by atoms with Crippen molar-refractivity contribution in [1.29, 1.82) is 0 Å². The van der Waals surface area contributed by atoms with Crippen LogP contribution in [0.25, 0.3) is 0 Å². The Morgan fingerprint density at radius 2 is 0.756 bits per heavy atom. The van der Waals surface area contributed by atoms with Crippen LogP contribution in [-0.2, 0) is 21.7 Å². The van der Waals surface area contributed by atoms with Gasteiger partial charge in [0, 0.05) is 0 Å². The van der Waals surface area contributed by atoms with Crippen LogP contribution in [-0.4, -0.2) is 29.4 Å². The molecule has 0 radical (unpaired) electrons. The number of methoxy groups -OCH3 is 3. The molecule has 0 unspecified atom stereocenters. The van der Waals surface area contributed by atoms with E-state index in [9.17, 15) is 0 Å². The molecule has 4 rings (SSSR count). The second kappa shape index (κ2) is 15.6. The number of benzene rings is 3. The standard InChI is InChI=1S/C33H39O3Si.3ClH.Ti/c1-20-11-14-27(34-8)30(17-20)37(31-18-21(2)12-15-28(31)35-9,32-19-22(3)13-16-29(32)36-10)33-25(6)23(4)24(5)26(33)7;;;;/h11-19H,1-10H3;3*1H;/q-1;;;;+4/p-3. The van der Waals surface area contributed by atoms with Crippen molar-refractivity contribution in [3.05, 3.63) is 93.5 Å². The molecule has 0 saturated heterocycles. The van der Waals surface area contributed by atoms with Gasteiger partial charge in [0.1, 0.15) is 25.3 Å². The second-order valence-corrected chi connectivity index (χ2v) is 13.9. The van der Waals surface area contributed by atoms with Crippen LogP contribution in [0.1, 0.15) is 38.9 Å². The Bertz CT molecular complexity index is 1330. The van der Waals surface area contributed by atoms with Gasteiger partial charge >= 0.3 is 21.7 Å². The first kappa shape index (κ1) is 39.2. The zero-order chi connectivity index (χ0) is 27.1. The van der Waals surface area contributed by atoms with Gasteiger partial charge in [-0.15, -0.1) is 5.19 Å². The van der Waals surface area contributed by atoms with Gasteiger partial charge in [0.15, 0.2) is 0 Å². The molecule has 0 saturated carbocycles. The van der Waals surface area contributed by atoms with Gasteiger partial charge in [-0.2, -0.15) is 22.3 Å². The molecule has 0 N–H and O–H groups in total. The topological polar surface area (TPSA) is 27.7 Å². The van der Waals surface area contributed by atoms with E-state index in [0.717, 1.165) is 17.2 Å². The predicted octanol–water partition coefficient (Wildman–Crippen LogP) is -4.02. The van der Waals surface area contributed by atoms with Gasteiger partial charge < -0.3 is 51.4 Å². The number of aryl methyl sites for hydroxylation is 3. The van der Waals surface area contributed by atoms with Gasteiger partial charge in [-0.3, -0.25) is 0 Å². The molecule has 0 spiro atoms. The second-order valence-electron chi connectivity index (χ2n) is 10.2. The fraction of sp³-hybridized carbons (Fsp3) is 0.303. The van der Waals surface area contributed by atoms with E-state index in [1.165, 1.54) is 59.7 Å². The van der Waals surface area contributed by atoms with Crippen LogP contribution in [0.3, 0.4) is 0 Å². The van der Waals surface area contributed by atoms with Crippen LogP contribution in [0.4, 0.5) is 0 Å². The molecule has 0 fully saturated rings. The third kappa shape index (κ3) is 6.59. The fourth-order valence-electron chi connectivity index (χ4n) is 5.97.